The molecule has 0 saturated carbocycles. The third-order valence-electron chi connectivity index (χ3n) is 2.26. The van der Waals surface area contributed by atoms with Crippen LogP contribution >= 0.6 is 0 Å². The van der Waals surface area contributed by atoms with Crippen molar-refractivity contribution in [2.75, 3.05) is 0 Å². The number of hydrogen-bond acceptors (Lipinski definition) is 3. The highest BCUT2D eigenvalue weighted by molar-refractivity contribution is 5.66. The summed E-state index contributed by atoms with van der Waals surface area (Å²) in [6, 6.07) is 6.74. The molecule has 0 atom stereocenters. The number of halogens is 3. The fourth-order valence-corrected chi connectivity index (χ4v) is 1.44. The van der Waals surface area contributed by atoms with Gasteiger partial charge < -0.3 is 0 Å². The molecule has 0 aromatic carbocycles. The zero-order valence-electron chi connectivity index (χ0n) is 8.94. The molecule has 0 aliphatic carbocycles. The van der Waals surface area contributed by atoms with Gasteiger partial charge in [-0.25, -0.2) is 4.98 Å². The molecular weight excluding hydrogens is 243 g/mol. The van der Waals surface area contributed by atoms with E-state index in [1.165, 1.54) is 24.5 Å². The molecule has 0 N–H and O–H groups in total. The van der Waals surface area contributed by atoms with Gasteiger partial charge in [-0.3, -0.25) is 4.98 Å². The lowest BCUT2D eigenvalue weighted by Crippen LogP contribution is -2.09. The Morgan fingerprint density at radius 2 is 1.72 bits per heavy atom. The molecule has 18 heavy (non-hydrogen) atoms. The average molecular weight is 249 g/mol. The molecule has 0 unspecified atom stereocenters. The van der Waals surface area contributed by atoms with Crippen molar-refractivity contribution in [2.24, 2.45) is 0 Å². The fraction of sp³-hybridized carbons (Fsp3) is 0.0833. The Hall–Kier alpha value is -2.42. The maximum absolute atomic E-state index is 12.6. The molecule has 2 aromatic heterocycles. The minimum atomic E-state index is -4.53. The molecule has 0 spiro atoms. The molecular formula is C12H6F3N3. The standard InChI is InChI=1S/C12H6F3N3/c13-12(14,15)10-2-1-9(7-16)11(18-10)8-3-5-17-6-4-8/h1-6H. The Kier molecular flexibility index (Phi) is 2.98. The van der Waals surface area contributed by atoms with E-state index in [2.05, 4.69) is 9.97 Å². The summed E-state index contributed by atoms with van der Waals surface area (Å²) in [7, 11) is 0. The lowest BCUT2D eigenvalue weighted by atomic mass is 10.1. The second-order valence-corrected chi connectivity index (χ2v) is 3.44. The van der Waals surface area contributed by atoms with Crippen LogP contribution in [0, 0.1) is 11.3 Å². The Morgan fingerprint density at radius 3 is 2.28 bits per heavy atom. The van der Waals surface area contributed by atoms with Crippen LogP contribution in [0.2, 0.25) is 0 Å². The monoisotopic (exact) mass is 249 g/mol. The maximum atomic E-state index is 12.6. The first-order chi connectivity index (χ1) is 8.52. The van der Waals surface area contributed by atoms with Crippen LogP contribution in [0.1, 0.15) is 11.3 Å². The molecule has 2 rings (SSSR count). The van der Waals surface area contributed by atoms with Crippen LogP contribution in [-0.2, 0) is 6.18 Å². The first kappa shape index (κ1) is 12.0. The van der Waals surface area contributed by atoms with Crippen LogP contribution in [0.25, 0.3) is 11.3 Å². The first-order valence-electron chi connectivity index (χ1n) is 4.91. The van der Waals surface area contributed by atoms with Gasteiger partial charge in [-0.2, -0.15) is 18.4 Å². The minimum absolute atomic E-state index is 0.00900. The van der Waals surface area contributed by atoms with Gasteiger partial charge in [0.1, 0.15) is 11.8 Å². The van der Waals surface area contributed by atoms with Crippen LogP contribution in [0.4, 0.5) is 13.2 Å². The highest BCUT2D eigenvalue weighted by Gasteiger charge is 2.33. The van der Waals surface area contributed by atoms with E-state index in [9.17, 15) is 13.2 Å². The molecule has 2 aromatic rings. The van der Waals surface area contributed by atoms with Crippen molar-refractivity contribution in [3.8, 4) is 17.3 Å². The third-order valence-corrected chi connectivity index (χ3v) is 2.26. The Labute approximate surface area is 101 Å². The van der Waals surface area contributed by atoms with Crippen molar-refractivity contribution >= 4 is 0 Å². The molecule has 6 heteroatoms. The molecule has 0 aliphatic heterocycles. The molecule has 0 bridgehead atoms. The molecule has 0 amide bonds. The van der Waals surface area contributed by atoms with Gasteiger partial charge in [0.25, 0.3) is 0 Å². The van der Waals surface area contributed by atoms with Gasteiger partial charge in [-0.15, -0.1) is 0 Å². The molecule has 0 fully saturated rings. The average Bonchev–Trinajstić information content (AvgIpc) is 2.38. The largest absolute Gasteiger partial charge is 0.433 e. The number of aromatic nitrogens is 2. The van der Waals surface area contributed by atoms with Gasteiger partial charge in [-0.05, 0) is 24.3 Å². The summed E-state index contributed by atoms with van der Waals surface area (Å²) in [4.78, 5) is 7.27. The molecule has 0 aliphatic rings. The Morgan fingerprint density at radius 1 is 1.06 bits per heavy atom. The van der Waals surface area contributed by atoms with E-state index in [0.717, 1.165) is 12.1 Å². The van der Waals surface area contributed by atoms with E-state index in [4.69, 9.17) is 5.26 Å². The van der Waals surface area contributed by atoms with E-state index in [-0.39, 0.29) is 11.3 Å². The third kappa shape index (κ3) is 2.30. The van der Waals surface area contributed by atoms with Crippen molar-refractivity contribution in [1.29, 1.82) is 5.26 Å². The van der Waals surface area contributed by atoms with Crippen LogP contribution in [0.15, 0.2) is 36.7 Å². The van der Waals surface area contributed by atoms with Gasteiger partial charge in [0.2, 0.25) is 0 Å². The number of alkyl halides is 3. The van der Waals surface area contributed by atoms with Gasteiger partial charge in [-0.1, -0.05) is 0 Å². The summed E-state index contributed by atoms with van der Waals surface area (Å²) in [6.45, 7) is 0. The van der Waals surface area contributed by atoms with E-state index in [1.54, 1.807) is 0 Å². The number of nitrogens with zero attached hydrogens (tertiary/aromatic N) is 3. The Bertz CT molecular complexity index is 600. The van der Waals surface area contributed by atoms with Crippen molar-refractivity contribution in [1.82, 2.24) is 9.97 Å². The molecule has 2 heterocycles. The zero-order valence-corrected chi connectivity index (χ0v) is 8.94. The lowest BCUT2D eigenvalue weighted by Gasteiger charge is -2.09. The second kappa shape index (κ2) is 4.45. The van der Waals surface area contributed by atoms with E-state index in [1.807, 2.05) is 6.07 Å². The minimum Gasteiger partial charge on any atom is -0.265 e. The lowest BCUT2D eigenvalue weighted by molar-refractivity contribution is -0.141. The van der Waals surface area contributed by atoms with E-state index >= 15 is 0 Å². The number of hydrogen-bond donors (Lipinski definition) is 0. The SMILES string of the molecule is N#Cc1ccc(C(F)(F)F)nc1-c1ccncc1. The van der Waals surface area contributed by atoms with Gasteiger partial charge in [0, 0.05) is 18.0 Å². The smallest absolute Gasteiger partial charge is 0.265 e. The van der Waals surface area contributed by atoms with Crippen molar-refractivity contribution in [3.05, 3.63) is 47.9 Å². The normalized spacial score (nSPS) is 11.0. The van der Waals surface area contributed by atoms with Crippen molar-refractivity contribution < 1.29 is 13.2 Å². The highest BCUT2D eigenvalue weighted by Crippen LogP contribution is 2.30. The van der Waals surface area contributed by atoms with Crippen molar-refractivity contribution in [2.45, 2.75) is 6.18 Å². The number of pyridine rings is 2. The molecule has 90 valence electrons. The zero-order chi connectivity index (χ0) is 13.2. The first-order valence-corrected chi connectivity index (χ1v) is 4.91. The van der Waals surface area contributed by atoms with Gasteiger partial charge in [0.15, 0.2) is 0 Å². The van der Waals surface area contributed by atoms with Crippen LogP contribution in [0.5, 0.6) is 0 Å². The van der Waals surface area contributed by atoms with Gasteiger partial charge >= 0.3 is 6.18 Å². The van der Waals surface area contributed by atoms with Crippen LogP contribution in [0.3, 0.4) is 0 Å². The van der Waals surface area contributed by atoms with Crippen molar-refractivity contribution in [3.63, 3.8) is 0 Å². The maximum Gasteiger partial charge on any atom is 0.433 e. The number of nitriles is 1. The Balaban J connectivity index is 2.62. The van der Waals surface area contributed by atoms with Crippen LogP contribution < -0.4 is 0 Å². The second-order valence-electron chi connectivity index (χ2n) is 3.44. The number of rotatable bonds is 1. The van der Waals surface area contributed by atoms with Gasteiger partial charge in [0.05, 0.1) is 11.3 Å². The summed E-state index contributed by atoms with van der Waals surface area (Å²) >= 11 is 0. The quantitative estimate of drug-likeness (QED) is 0.780. The summed E-state index contributed by atoms with van der Waals surface area (Å²) in [6.07, 6.45) is -1.67. The summed E-state index contributed by atoms with van der Waals surface area (Å²) in [5, 5.41) is 8.89. The molecule has 0 saturated heterocycles. The van der Waals surface area contributed by atoms with E-state index in [0.29, 0.717) is 5.56 Å². The van der Waals surface area contributed by atoms with Crippen LogP contribution in [-0.4, -0.2) is 9.97 Å². The summed E-state index contributed by atoms with van der Waals surface area (Å²) in [5.74, 6) is 0. The fourth-order valence-electron chi connectivity index (χ4n) is 1.44. The van der Waals surface area contributed by atoms with E-state index < -0.39 is 11.9 Å². The summed E-state index contributed by atoms with van der Waals surface area (Å²) < 4.78 is 37.7. The topological polar surface area (TPSA) is 49.6 Å². The summed E-state index contributed by atoms with van der Waals surface area (Å²) in [5.41, 5.74) is -0.495. The predicted molar refractivity (Wildman–Crippen MR) is 57.2 cm³/mol. The predicted octanol–water partition coefficient (Wildman–Crippen LogP) is 3.03. The molecule has 3 nitrogen and oxygen atoms in total. The molecule has 0 radical (unpaired) electrons. The highest BCUT2D eigenvalue weighted by atomic mass is 19.4.